The van der Waals surface area contributed by atoms with Crippen LogP contribution in [-0.2, 0) is 11.2 Å². The van der Waals surface area contributed by atoms with E-state index in [1.54, 1.807) is 11.9 Å². The van der Waals surface area contributed by atoms with Crippen LogP contribution in [0.5, 0.6) is 0 Å². The van der Waals surface area contributed by atoms with E-state index in [9.17, 15) is 4.79 Å². The monoisotopic (exact) mass is 389 g/mol. The molecule has 0 spiro atoms. The fraction of sp³-hybridized carbons (Fsp3) is 0.619. The van der Waals surface area contributed by atoms with Gasteiger partial charge in [-0.1, -0.05) is 30.3 Å². The molecule has 0 radical (unpaired) electrons. The van der Waals surface area contributed by atoms with Crippen molar-refractivity contribution in [2.45, 2.75) is 32.8 Å². The number of piperazine rings is 1. The number of nitrogens with zero attached hydrogens (tertiary/aromatic N) is 3. The minimum absolute atomic E-state index is 0.215. The molecule has 7 heteroatoms. The lowest BCUT2D eigenvalue weighted by molar-refractivity contribution is 0.0147. The maximum Gasteiger partial charge on any atom is 0.410 e. The molecule has 7 nitrogen and oxygen atoms in total. The average molecular weight is 390 g/mol. The summed E-state index contributed by atoms with van der Waals surface area (Å²) in [4.78, 5) is 20.5. The van der Waals surface area contributed by atoms with Gasteiger partial charge in [0.2, 0.25) is 0 Å². The van der Waals surface area contributed by atoms with Gasteiger partial charge in [0, 0.05) is 52.9 Å². The summed E-state index contributed by atoms with van der Waals surface area (Å²) in [5.41, 5.74) is 0.870. The largest absolute Gasteiger partial charge is 0.444 e. The Kier molecular flexibility index (Phi) is 8.57. The number of ether oxygens (including phenoxy) is 1. The van der Waals surface area contributed by atoms with Crippen molar-refractivity contribution in [3.63, 3.8) is 0 Å². The molecule has 1 aromatic carbocycles. The molecule has 1 saturated heterocycles. The Balaban J connectivity index is 1.60. The number of hydrogen-bond donors (Lipinski definition) is 2. The van der Waals surface area contributed by atoms with Crippen LogP contribution in [0.15, 0.2) is 35.3 Å². The van der Waals surface area contributed by atoms with Gasteiger partial charge >= 0.3 is 6.09 Å². The minimum atomic E-state index is -0.443. The average Bonchev–Trinajstić information content (AvgIpc) is 2.67. The highest BCUT2D eigenvalue weighted by atomic mass is 16.6. The molecule has 2 rings (SSSR count). The van der Waals surface area contributed by atoms with E-state index in [2.05, 4.69) is 44.8 Å². The predicted molar refractivity (Wildman–Crippen MR) is 114 cm³/mol. The van der Waals surface area contributed by atoms with E-state index in [1.807, 2.05) is 26.8 Å². The number of carbonyl (C=O) groups is 1. The van der Waals surface area contributed by atoms with E-state index in [0.717, 1.165) is 45.1 Å². The zero-order chi connectivity index (χ0) is 20.4. The molecule has 0 saturated carbocycles. The van der Waals surface area contributed by atoms with Crippen molar-refractivity contribution in [3.05, 3.63) is 35.9 Å². The minimum Gasteiger partial charge on any atom is -0.444 e. The van der Waals surface area contributed by atoms with E-state index < -0.39 is 5.60 Å². The van der Waals surface area contributed by atoms with E-state index in [-0.39, 0.29) is 6.09 Å². The standard InChI is InChI=1S/C21H35N5O2/c1-21(2,3)28-20(27)26-16-14-25(15-17-26)13-12-24-19(22-4)23-11-10-18-8-6-5-7-9-18/h5-9H,10-17H2,1-4H3,(H2,22,23,24). The summed E-state index contributed by atoms with van der Waals surface area (Å²) in [6.45, 7) is 11.4. The maximum absolute atomic E-state index is 12.1. The molecule has 1 aliphatic rings. The van der Waals surface area contributed by atoms with Gasteiger partial charge in [-0.3, -0.25) is 9.89 Å². The SMILES string of the molecule is CN=C(NCCc1ccccc1)NCCN1CCN(C(=O)OC(C)(C)C)CC1. The molecular formula is C21H35N5O2. The number of amides is 1. The van der Waals surface area contributed by atoms with E-state index >= 15 is 0 Å². The third kappa shape index (κ3) is 8.17. The molecular weight excluding hydrogens is 354 g/mol. The molecule has 156 valence electrons. The first-order valence-corrected chi connectivity index (χ1v) is 10.1. The molecule has 0 aromatic heterocycles. The maximum atomic E-state index is 12.1. The third-order valence-electron chi connectivity index (χ3n) is 4.52. The summed E-state index contributed by atoms with van der Waals surface area (Å²) in [5, 5.41) is 6.71. The smallest absolute Gasteiger partial charge is 0.410 e. The van der Waals surface area contributed by atoms with Gasteiger partial charge in [0.1, 0.15) is 5.60 Å². The molecule has 1 aromatic rings. The Hall–Kier alpha value is -2.28. The fourth-order valence-electron chi connectivity index (χ4n) is 3.00. The molecule has 0 bridgehead atoms. The summed E-state index contributed by atoms with van der Waals surface area (Å²) in [7, 11) is 1.79. The van der Waals surface area contributed by atoms with Crippen LogP contribution in [0.4, 0.5) is 4.79 Å². The summed E-state index contributed by atoms with van der Waals surface area (Å²) in [6.07, 6.45) is 0.752. The van der Waals surface area contributed by atoms with Crippen molar-refractivity contribution in [3.8, 4) is 0 Å². The molecule has 0 unspecified atom stereocenters. The second-order valence-corrected chi connectivity index (χ2v) is 7.97. The highest BCUT2D eigenvalue weighted by Crippen LogP contribution is 2.11. The van der Waals surface area contributed by atoms with E-state index in [4.69, 9.17) is 4.74 Å². The lowest BCUT2D eigenvalue weighted by Crippen LogP contribution is -2.51. The number of aliphatic imine (C=N–C) groups is 1. The number of nitrogens with one attached hydrogen (secondary N) is 2. The summed E-state index contributed by atoms with van der Waals surface area (Å²) < 4.78 is 5.44. The molecule has 28 heavy (non-hydrogen) atoms. The van der Waals surface area contributed by atoms with Crippen molar-refractivity contribution in [1.82, 2.24) is 20.4 Å². The van der Waals surface area contributed by atoms with Gasteiger partial charge in [0.25, 0.3) is 0 Å². The van der Waals surface area contributed by atoms with Crippen LogP contribution in [-0.4, -0.2) is 80.3 Å². The van der Waals surface area contributed by atoms with Crippen molar-refractivity contribution < 1.29 is 9.53 Å². The number of rotatable bonds is 6. The van der Waals surface area contributed by atoms with Gasteiger partial charge in [0.05, 0.1) is 0 Å². The Labute approximate surface area is 169 Å². The van der Waals surface area contributed by atoms with Gasteiger partial charge < -0.3 is 20.3 Å². The molecule has 0 atom stereocenters. The number of benzene rings is 1. The first-order chi connectivity index (χ1) is 13.4. The van der Waals surface area contributed by atoms with Crippen LogP contribution in [0.25, 0.3) is 0 Å². The summed E-state index contributed by atoms with van der Waals surface area (Å²) >= 11 is 0. The number of guanidine groups is 1. The number of carbonyl (C=O) groups excluding carboxylic acids is 1. The van der Waals surface area contributed by atoms with Crippen LogP contribution in [0.3, 0.4) is 0 Å². The molecule has 1 aliphatic heterocycles. The van der Waals surface area contributed by atoms with Crippen molar-refractivity contribution >= 4 is 12.1 Å². The highest BCUT2D eigenvalue weighted by molar-refractivity contribution is 5.79. The van der Waals surface area contributed by atoms with Crippen molar-refractivity contribution in [1.29, 1.82) is 0 Å². The summed E-state index contributed by atoms with van der Waals surface area (Å²) in [5.74, 6) is 0.823. The van der Waals surface area contributed by atoms with Crippen molar-refractivity contribution in [2.24, 2.45) is 4.99 Å². The molecule has 1 heterocycles. The quantitative estimate of drug-likeness (QED) is 0.575. The highest BCUT2D eigenvalue weighted by Gasteiger charge is 2.25. The first kappa shape index (κ1) is 22.0. The molecule has 1 fully saturated rings. The topological polar surface area (TPSA) is 69.2 Å². The van der Waals surface area contributed by atoms with E-state index in [0.29, 0.717) is 13.1 Å². The first-order valence-electron chi connectivity index (χ1n) is 10.1. The van der Waals surface area contributed by atoms with Crippen LogP contribution in [0, 0.1) is 0 Å². The van der Waals surface area contributed by atoms with Gasteiger partial charge in [-0.25, -0.2) is 4.79 Å². The van der Waals surface area contributed by atoms with Crippen molar-refractivity contribution in [2.75, 3.05) is 52.9 Å². The third-order valence-corrected chi connectivity index (χ3v) is 4.52. The zero-order valence-electron chi connectivity index (χ0n) is 17.7. The zero-order valence-corrected chi connectivity index (χ0v) is 17.7. The van der Waals surface area contributed by atoms with Gasteiger partial charge in [0.15, 0.2) is 5.96 Å². The van der Waals surface area contributed by atoms with Crippen LogP contribution < -0.4 is 10.6 Å². The second kappa shape index (κ2) is 10.9. The molecule has 2 N–H and O–H groups in total. The van der Waals surface area contributed by atoms with Gasteiger partial charge in [-0.15, -0.1) is 0 Å². The Morgan fingerprint density at radius 2 is 1.71 bits per heavy atom. The number of hydrogen-bond acceptors (Lipinski definition) is 4. The Morgan fingerprint density at radius 3 is 2.32 bits per heavy atom. The Morgan fingerprint density at radius 1 is 1.07 bits per heavy atom. The lowest BCUT2D eigenvalue weighted by Gasteiger charge is -2.35. The van der Waals surface area contributed by atoms with Gasteiger partial charge in [-0.2, -0.15) is 0 Å². The normalized spacial score (nSPS) is 16.0. The van der Waals surface area contributed by atoms with Crippen LogP contribution in [0.1, 0.15) is 26.3 Å². The predicted octanol–water partition coefficient (Wildman–Crippen LogP) is 1.95. The van der Waals surface area contributed by atoms with E-state index in [1.165, 1.54) is 5.56 Å². The second-order valence-electron chi connectivity index (χ2n) is 7.97. The molecule has 0 aliphatic carbocycles. The molecule has 1 amide bonds. The fourth-order valence-corrected chi connectivity index (χ4v) is 3.00. The lowest BCUT2D eigenvalue weighted by atomic mass is 10.1. The van der Waals surface area contributed by atoms with Gasteiger partial charge in [-0.05, 0) is 32.8 Å². The van der Waals surface area contributed by atoms with Crippen LogP contribution >= 0.6 is 0 Å². The van der Waals surface area contributed by atoms with Crippen LogP contribution in [0.2, 0.25) is 0 Å². The summed E-state index contributed by atoms with van der Waals surface area (Å²) in [6, 6.07) is 10.4. The Bertz CT molecular complexity index is 619.